The molecule has 2 saturated heterocycles. The second-order valence-electron chi connectivity index (χ2n) is 7.01. The van der Waals surface area contributed by atoms with Crippen LogP contribution in [0, 0.1) is 13.8 Å². The van der Waals surface area contributed by atoms with E-state index in [-0.39, 0.29) is 18.5 Å². The molecule has 4 amide bonds. The molecule has 0 spiro atoms. The highest BCUT2D eigenvalue weighted by Crippen LogP contribution is 2.22. The number of likely N-dealkylation sites (tertiary alicyclic amines) is 1. The van der Waals surface area contributed by atoms with Crippen LogP contribution in [0.2, 0.25) is 0 Å². The van der Waals surface area contributed by atoms with E-state index in [0.717, 1.165) is 16.4 Å². The quantitative estimate of drug-likeness (QED) is 0.736. The van der Waals surface area contributed by atoms with Gasteiger partial charge in [-0.2, -0.15) is 10.1 Å². The molecular weight excluding hydrogens is 324 g/mol. The third-order valence-corrected chi connectivity index (χ3v) is 4.90. The summed E-state index contributed by atoms with van der Waals surface area (Å²) in [6.45, 7) is 8.98. The largest absolute Gasteiger partial charge is 0.344 e. The van der Waals surface area contributed by atoms with Crippen LogP contribution >= 0.6 is 0 Å². The Morgan fingerprint density at radius 2 is 2.08 bits per heavy atom. The number of aryl methyl sites for hydroxylation is 2. The molecule has 3 rings (SSSR count). The second-order valence-corrected chi connectivity index (χ2v) is 7.01. The van der Waals surface area contributed by atoms with E-state index >= 15 is 0 Å². The second kappa shape index (κ2) is 6.14. The Bertz CT molecular complexity index is 723. The van der Waals surface area contributed by atoms with Crippen LogP contribution in [0.5, 0.6) is 0 Å². The molecule has 1 aromatic heterocycles. The minimum Gasteiger partial charge on any atom is -0.322 e. The summed E-state index contributed by atoms with van der Waals surface area (Å²) in [5.74, 6) is -0.812. The Morgan fingerprint density at radius 3 is 2.60 bits per heavy atom. The zero-order valence-corrected chi connectivity index (χ0v) is 15.0. The van der Waals surface area contributed by atoms with Gasteiger partial charge in [0.2, 0.25) is 0 Å². The van der Waals surface area contributed by atoms with Gasteiger partial charge in [0.25, 0.3) is 11.8 Å². The Labute approximate surface area is 146 Å². The Balaban J connectivity index is 1.51. The first kappa shape index (κ1) is 17.4. The topological polar surface area (TPSA) is 99.6 Å². The third-order valence-electron chi connectivity index (χ3n) is 4.90. The average Bonchev–Trinajstić information content (AvgIpc) is 2.94. The molecule has 9 heteroatoms. The molecule has 2 fully saturated rings. The summed E-state index contributed by atoms with van der Waals surface area (Å²) in [5, 5.41) is 7.84. The minimum absolute atomic E-state index is 0.135. The number of nitrogens with zero attached hydrogens (tertiary/aromatic N) is 4. The number of carbonyl (C=O) groups is 3. The van der Waals surface area contributed by atoms with Crippen molar-refractivity contribution in [2.75, 3.05) is 19.6 Å². The fraction of sp³-hybridized carbons (Fsp3) is 0.625. The lowest BCUT2D eigenvalue weighted by molar-refractivity contribution is -0.139. The van der Waals surface area contributed by atoms with E-state index in [4.69, 9.17) is 0 Å². The Morgan fingerprint density at radius 1 is 1.40 bits per heavy atom. The van der Waals surface area contributed by atoms with Crippen LogP contribution in [0.1, 0.15) is 37.7 Å². The van der Waals surface area contributed by atoms with Gasteiger partial charge in [0, 0.05) is 18.8 Å². The lowest BCUT2D eigenvalue weighted by Crippen LogP contribution is -2.55. The van der Waals surface area contributed by atoms with Gasteiger partial charge in [0.15, 0.2) is 0 Å². The third kappa shape index (κ3) is 3.11. The maximum Gasteiger partial charge on any atom is 0.344 e. The van der Waals surface area contributed by atoms with E-state index in [9.17, 15) is 14.4 Å². The molecule has 2 N–H and O–H groups in total. The fourth-order valence-electron chi connectivity index (χ4n) is 3.23. The normalized spacial score (nSPS) is 24.4. The van der Waals surface area contributed by atoms with Crippen LogP contribution in [0.25, 0.3) is 0 Å². The molecule has 0 aromatic carbocycles. The molecular formula is C16H24N6O3. The van der Waals surface area contributed by atoms with Gasteiger partial charge in [-0.25, -0.2) is 4.79 Å². The Kier molecular flexibility index (Phi) is 4.28. The summed E-state index contributed by atoms with van der Waals surface area (Å²) in [5.41, 5.74) is 3.53. The van der Waals surface area contributed by atoms with E-state index in [2.05, 4.69) is 15.8 Å². The van der Waals surface area contributed by atoms with E-state index in [1.165, 1.54) is 0 Å². The SMILES string of the molecule is CCC1(C)NC(=O)N(NC(=O)CN2CC(n3nc(C)cc3C)C2)C1=O. The zero-order chi connectivity index (χ0) is 18.4. The number of urea groups is 1. The molecule has 3 heterocycles. The smallest absolute Gasteiger partial charge is 0.322 e. The van der Waals surface area contributed by atoms with Crippen molar-refractivity contribution >= 4 is 17.8 Å². The fourth-order valence-corrected chi connectivity index (χ4v) is 3.23. The predicted molar refractivity (Wildman–Crippen MR) is 89.4 cm³/mol. The van der Waals surface area contributed by atoms with Crippen molar-refractivity contribution in [3.8, 4) is 0 Å². The number of hydrogen-bond donors (Lipinski definition) is 2. The van der Waals surface area contributed by atoms with Gasteiger partial charge < -0.3 is 5.32 Å². The summed E-state index contributed by atoms with van der Waals surface area (Å²) >= 11 is 0. The summed E-state index contributed by atoms with van der Waals surface area (Å²) < 4.78 is 1.98. The van der Waals surface area contributed by atoms with Crippen LogP contribution in [0.3, 0.4) is 0 Å². The highest BCUT2D eigenvalue weighted by molar-refractivity contribution is 6.07. The van der Waals surface area contributed by atoms with Crippen molar-refractivity contribution in [2.45, 2.75) is 45.7 Å². The number of amides is 4. The first-order valence-electron chi connectivity index (χ1n) is 8.45. The summed E-state index contributed by atoms with van der Waals surface area (Å²) in [6, 6.07) is 1.69. The lowest BCUT2D eigenvalue weighted by atomic mass is 10.00. The van der Waals surface area contributed by atoms with Gasteiger partial charge in [-0.3, -0.25) is 24.6 Å². The summed E-state index contributed by atoms with van der Waals surface area (Å²) in [7, 11) is 0. The highest BCUT2D eigenvalue weighted by Gasteiger charge is 2.47. The van der Waals surface area contributed by atoms with Crippen molar-refractivity contribution in [3.63, 3.8) is 0 Å². The average molecular weight is 348 g/mol. The summed E-state index contributed by atoms with van der Waals surface area (Å²) in [6.07, 6.45) is 0.459. The molecule has 25 heavy (non-hydrogen) atoms. The standard InChI is InChI=1S/C16H24N6O3/c1-5-16(4)14(24)22(15(25)17-16)19-13(23)9-20-7-12(8-20)21-11(3)6-10(2)18-21/h6,12H,5,7-9H2,1-4H3,(H,17,25)(H,19,23). The highest BCUT2D eigenvalue weighted by atomic mass is 16.2. The Hall–Kier alpha value is -2.42. The molecule has 2 aliphatic rings. The summed E-state index contributed by atoms with van der Waals surface area (Å²) in [4.78, 5) is 38.3. The first-order valence-corrected chi connectivity index (χ1v) is 8.45. The predicted octanol–water partition coefficient (Wildman–Crippen LogP) is 0.108. The molecule has 9 nitrogen and oxygen atoms in total. The van der Waals surface area contributed by atoms with Gasteiger partial charge >= 0.3 is 6.03 Å². The number of imide groups is 1. The van der Waals surface area contributed by atoms with Crippen LogP contribution in [-0.2, 0) is 9.59 Å². The number of nitrogens with one attached hydrogen (secondary N) is 2. The van der Waals surface area contributed by atoms with E-state index < -0.39 is 17.5 Å². The maximum atomic E-state index is 12.3. The first-order chi connectivity index (χ1) is 11.7. The van der Waals surface area contributed by atoms with Gasteiger partial charge in [-0.15, -0.1) is 0 Å². The van der Waals surface area contributed by atoms with Gasteiger partial charge in [0.1, 0.15) is 5.54 Å². The van der Waals surface area contributed by atoms with Gasteiger partial charge in [-0.1, -0.05) is 6.92 Å². The number of hydrogen-bond acceptors (Lipinski definition) is 5. The van der Waals surface area contributed by atoms with E-state index in [1.54, 1.807) is 6.92 Å². The van der Waals surface area contributed by atoms with Crippen LogP contribution in [0.15, 0.2) is 6.07 Å². The molecule has 1 aromatic rings. The van der Waals surface area contributed by atoms with Crippen molar-refractivity contribution in [1.82, 2.24) is 30.4 Å². The zero-order valence-electron chi connectivity index (χ0n) is 15.0. The monoisotopic (exact) mass is 348 g/mol. The molecule has 136 valence electrons. The van der Waals surface area contributed by atoms with Crippen molar-refractivity contribution in [2.24, 2.45) is 0 Å². The molecule has 0 bridgehead atoms. The van der Waals surface area contributed by atoms with Crippen LogP contribution in [-0.4, -0.2) is 62.7 Å². The number of hydrazine groups is 1. The molecule has 0 saturated carbocycles. The van der Waals surface area contributed by atoms with E-state index in [0.29, 0.717) is 19.5 Å². The maximum absolute atomic E-state index is 12.3. The van der Waals surface area contributed by atoms with Crippen molar-refractivity contribution in [3.05, 3.63) is 17.5 Å². The van der Waals surface area contributed by atoms with Crippen molar-refractivity contribution < 1.29 is 14.4 Å². The van der Waals surface area contributed by atoms with Gasteiger partial charge in [0.05, 0.1) is 18.3 Å². The molecule has 2 aliphatic heterocycles. The van der Waals surface area contributed by atoms with Crippen molar-refractivity contribution in [1.29, 1.82) is 0 Å². The van der Waals surface area contributed by atoms with E-state index in [1.807, 2.05) is 36.4 Å². The number of carbonyl (C=O) groups excluding carboxylic acids is 3. The van der Waals surface area contributed by atoms with Crippen LogP contribution < -0.4 is 10.7 Å². The van der Waals surface area contributed by atoms with Gasteiger partial charge in [-0.05, 0) is 33.3 Å². The molecule has 1 unspecified atom stereocenters. The molecule has 1 atom stereocenters. The molecule has 0 aliphatic carbocycles. The number of aromatic nitrogens is 2. The van der Waals surface area contributed by atoms with Crippen LogP contribution in [0.4, 0.5) is 4.79 Å². The molecule has 0 radical (unpaired) electrons. The number of rotatable bonds is 5. The lowest BCUT2D eigenvalue weighted by Gasteiger charge is -2.39. The minimum atomic E-state index is -0.957.